The largest absolute Gasteiger partial charge is 0.282 e. The van der Waals surface area contributed by atoms with E-state index in [-0.39, 0.29) is 11.3 Å². The standard InChI is InChI=1S/C17H17N3O4S/c1-10-6-7-14-11(8-10)9-15(25-14)17(22)19-18-16(21)12-4-2-3-5-13(12)20(23)24/h2-5,9-10H,6-8H2,1H3,(H,18,21)(H,19,22). The Balaban J connectivity index is 1.67. The zero-order valence-corrected chi connectivity index (χ0v) is 14.4. The number of hydrazine groups is 1. The van der Waals surface area contributed by atoms with Crippen molar-refractivity contribution in [2.24, 2.45) is 5.92 Å². The first-order valence-electron chi connectivity index (χ1n) is 7.91. The van der Waals surface area contributed by atoms with Gasteiger partial charge in [-0.25, -0.2) is 0 Å². The normalized spacial score (nSPS) is 16.0. The molecular weight excluding hydrogens is 342 g/mol. The van der Waals surface area contributed by atoms with Crippen LogP contribution in [0.3, 0.4) is 0 Å². The third-order valence-corrected chi connectivity index (χ3v) is 5.42. The van der Waals surface area contributed by atoms with Gasteiger partial charge in [0.2, 0.25) is 0 Å². The number of hydrogen-bond acceptors (Lipinski definition) is 5. The molecule has 1 aromatic carbocycles. The summed E-state index contributed by atoms with van der Waals surface area (Å²) in [5.41, 5.74) is 5.36. The van der Waals surface area contributed by atoms with E-state index in [4.69, 9.17) is 0 Å². The third kappa shape index (κ3) is 3.69. The number of nitro groups is 1. The number of fused-ring (bicyclic) bond motifs is 1. The quantitative estimate of drug-likeness (QED) is 0.650. The molecule has 1 aliphatic rings. The minimum absolute atomic E-state index is 0.105. The minimum Gasteiger partial charge on any atom is -0.267 e. The number of amides is 2. The van der Waals surface area contributed by atoms with Crippen molar-refractivity contribution in [2.75, 3.05) is 0 Å². The Morgan fingerprint density at radius 1 is 1.24 bits per heavy atom. The lowest BCUT2D eigenvalue weighted by Crippen LogP contribution is -2.41. The summed E-state index contributed by atoms with van der Waals surface area (Å²) in [4.78, 5) is 36.4. The van der Waals surface area contributed by atoms with E-state index in [1.165, 1.54) is 46.0 Å². The van der Waals surface area contributed by atoms with E-state index in [0.717, 1.165) is 19.3 Å². The molecule has 1 heterocycles. The van der Waals surface area contributed by atoms with Crippen LogP contribution in [0.15, 0.2) is 30.3 Å². The summed E-state index contributed by atoms with van der Waals surface area (Å²) in [5.74, 6) is -0.536. The molecule has 3 rings (SSSR count). The summed E-state index contributed by atoms with van der Waals surface area (Å²) in [6, 6.07) is 7.45. The maximum absolute atomic E-state index is 12.2. The fourth-order valence-corrected chi connectivity index (χ4v) is 3.99. The molecule has 1 atom stereocenters. The van der Waals surface area contributed by atoms with E-state index in [1.807, 2.05) is 6.07 Å². The summed E-state index contributed by atoms with van der Waals surface area (Å²) in [7, 11) is 0. The third-order valence-electron chi connectivity index (χ3n) is 4.19. The molecule has 0 radical (unpaired) electrons. The SMILES string of the molecule is CC1CCc2sc(C(=O)NNC(=O)c3ccccc3[N+](=O)[O-])cc2C1. The monoisotopic (exact) mass is 359 g/mol. The first-order valence-corrected chi connectivity index (χ1v) is 8.73. The lowest BCUT2D eigenvalue weighted by molar-refractivity contribution is -0.385. The summed E-state index contributed by atoms with van der Waals surface area (Å²) >= 11 is 1.43. The Hall–Kier alpha value is -2.74. The van der Waals surface area contributed by atoms with E-state index in [2.05, 4.69) is 17.8 Å². The van der Waals surface area contributed by atoms with E-state index in [1.54, 1.807) is 0 Å². The molecular formula is C17H17N3O4S. The maximum atomic E-state index is 12.2. The smallest absolute Gasteiger partial charge is 0.267 e. The van der Waals surface area contributed by atoms with Gasteiger partial charge in [-0.3, -0.25) is 30.6 Å². The van der Waals surface area contributed by atoms with Crippen LogP contribution in [0, 0.1) is 16.0 Å². The van der Waals surface area contributed by atoms with E-state index in [0.29, 0.717) is 10.8 Å². The minimum atomic E-state index is -0.726. The summed E-state index contributed by atoms with van der Waals surface area (Å²) in [6.45, 7) is 2.19. The Bertz CT molecular complexity index is 846. The van der Waals surface area contributed by atoms with Crippen molar-refractivity contribution in [3.8, 4) is 0 Å². The average Bonchev–Trinajstić information content (AvgIpc) is 3.02. The van der Waals surface area contributed by atoms with Gasteiger partial charge >= 0.3 is 0 Å². The van der Waals surface area contributed by atoms with Gasteiger partial charge in [0.25, 0.3) is 17.5 Å². The number of para-hydroxylation sites is 1. The number of hydrogen-bond donors (Lipinski definition) is 2. The van der Waals surface area contributed by atoms with Crippen LogP contribution in [-0.4, -0.2) is 16.7 Å². The van der Waals surface area contributed by atoms with Crippen LogP contribution < -0.4 is 10.9 Å². The molecule has 0 saturated heterocycles. The van der Waals surface area contributed by atoms with Gasteiger partial charge in [-0.15, -0.1) is 11.3 Å². The van der Waals surface area contributed by atoms with Gasteiger partial charge in [0.15, 0.2) is 0 Å². The first kappa shape index (κ1) is 17.1. The van der Waals surface area contributed by atoms with Gasteiger partial charge in [0, 0.05) is 10.9 Å². The van der Waals surface area contributed by atoms with Crippen LogP contribution in [0.5, 0.6) is 0 Å². The molecule has 1 aliphatic carbocycles. The molecule has 2 aromatic rings. The zero-order valence-electron chi connectivity index (χ0n) is 13.6. The van der Waals surface area contributed by atoms with E-state index in [9.17, 15) is 19.7 Å². The molecule has 25 heavy (non-hydrogen) atoms. The Labute approximate surface area is 148 Å². The number of carbonyl (C=O) groups is 2. The number of carbonyl (C=O) groups excluding carboxylic acids is 2. The molecule has 8 heteroatoms. The molecule has 0 saturated carbocycles. The maximum Gasteiger partial charge on any atom is 0.282 e. The Morgan fingerprint density at radius 2 is 1.96 bits per heavy atom. The number of rotatable bonds is 3. The van der Waals surface area contributed by atoms with Crippen LogP contribution in [0.4, 0.5) is 5.69 Å². The summed E-state index contributed by atoms with van der Waals surface area (Å²) < 4.78 is 0. The molecule has 130 valence electrons. The zero-order chi connectivity index (χ0) is 18.0. The Kier molecular flexibility index (Phi) is 4.80. The fourth-order valence-electron chi connectivity index (χ4n) is 2.89. The molecule has 1 unspecified atom stereocenters. The van der Waals surface area contributed by atoms with Gasteiger partial charge in [-0.1, -0.05) is 19.1 Å². The van der Waals surface area contributed by atoms with Gasteiger partial charge in [0.1, 0.15) is 5.56 Å². The van der Waals surface area contributed by atoms with E-state index >= 15 is 0 Å². The molecule has 0 aliphatic heterocycles. The topological polar surface area (TPSA) is 101 Å². The van der Waals surface area contributed by atoms with Crippen molar-refractivity contribution in [3.63, 3.8) is 0 Å². The number of nitrogens with one attached hydrogen (secondary N) is 2. The average molecular weight is 359 g/mol. The van der Waals surface area contributed by atoms with Gasteiger partial charge in [0.05, 0.1) is 9.80 Å². The molecule has 0 spiro atoms. The predicted octanol–water partition coefficient (Wildman–Crippen LogP) is 2.86. The highest BCUT2D eigenvalue weighted by Gasteiger charge is 2.22. The number of aryl methyl sites for hydroxylation is 1. The fraction of sp³-hybridized carbons (Fsp3) is 0.294. The molecule has 7 nitrogen and oxygen atoms in total. The number of nitro benzene ring substituents is 1. The highest BCUT2D eigenvalue weighted by atomic mass is 32.1. The lowest BCUT2D eigenvalue weighted by atomic mass is 9.90. The van der Waals surface area contributed by atoms with Crippen molar-refractivity contribution in [1.29, 1.82) is 0 Å². The van der Waals surface area contributed by atoms with E-state index < -0.39 is 16.7 Å². The summed E-state index contributed by atoms with van der Waals surface area (Å²) in [6.07, 6.45) is 3.04. The van der Waals surface area contributed by atoms with Crippen molar-refractivity contribution in [3.05, 3.63) is 61.3 Å². The number of thiophene rings is 1. The first-order chi connectivity index (χ1) is 12.0. The van der Waals surface area contributed by atoms with Crippen LogP contribution in [0.1, 0.15) is 43.8 Å². The molecule has 1 aromatic heterocycles. The van der Waals surface area contributed by atoms with Crippen LogP contribution in [-0.2, 0) is 12.8 Å². The second-order valence-corrected chi connectivity index (χ2v) is 7.23. The van der Waals surface area contributed by atoms with Gasteiger partial charge < -0.3 is 0 Å². The molecule has 2 N–H and O–H groups in total. The van der Waals surface area contributed by atoms with Crippen LogP contribution in [0.25, 0.3) is 0 Å². The predicted molar refractivity (Wildman–Crippen MR) is 93.5 cm³/mol. The van der Waals surface area contributed by atoms with Crippen LogP contribution >= 0.6 is 11.3 Å². The molecule has 0 bridgehead atoms. The number of nitrogens with zero attached hydrogens (tertiary/aromatic N) is 1. The van der Waals surface area contributed by atoms with Crippen LogP contribution in [0.2, 0.25) is 0 Å². The van der Waals surface area contributed by atoms with Crippen molar-refractivity contribution in [2.45, 2.75) is 26.2 Å². The highest BCUT2D eigenvalue weighted by Crippen LogP contribution is 2.32. The second kappa shape index (κ2) is 7.02. The highest BCUT2D eigenvalue weighted by molar-refractivity contribution is 7.14. The Morgan fingerprint density at radius 3 is 2.72 bits per heavy atom. The summed E-state index contributed by atoms with van der Waals surface area (Å²) in [5, 5.41) is 11.0. The molecule has 2 amide bonds. The van der Waals surface area contributed by atoms with Crippen molar-refractivity contribution < 1.29 is 14.5 Å². The van der Waals surface area contributed by atoms with Crippen molar-refractivity contribution in [1.82, 2.24) is 10.9 Å². The lowest BCUT2D eigenvalue weighted by Gasteiger charge is -2.16. The second-order valence-electron chi connectivity index (χ2n) is 6.09. The number of benzene rings is 1. The van der Waals surface area contributed by atoms with Gasteiger partial charge in [-0.2, -0.15) is 0 Å². The van der Waals surface area contributed by atoms with Gasteiger partial charge in [-0.05, 0) is 42.9 Å². The van der Waals surface area contributed by atoms with Crippen molar-refractivity contribution >= 4 is 28.8 Å². The molecule has 0 fully saturated rings.